The summed E-state index contributed by atoms with van der Waals surface area (Å²) < 4.78 is 2.23. The fraction of sp³-hybridized carbons (Fsp3) is 0.0217. The van der Waals surface area contributed by atoms with E-state index in [2.05, 4.69) is 156 Å². The molecule has 50 heavy (non-hydrogen) atoms. The molecule has 1 aliphatic carbocycles. The lowest BCUT2D eigenvalue weighted by Gasteiger charge is -2.34. The van der Waals surface area contributed by atoms with E-state index in [1.54, 1.807) is 0 Å². The zero-order valence-corrected chi connectivity index (χ0v) is 27.0. The molecular weight excluding hydrogens is 609 g/mol. The summed E-state index contributed by atoms with van der Waals surface area (Å²) in [6.45, 7) is 0. The van der Waals surface area contributed by atoms with Crippen LogP contribution in [0.2, 0.25) is 0 Å². The molecular formula is C46H28N4. The van der Waals surface area contributed by atoms with Crippen LogP contribution in [0.15, 0.2) is 170 Å². The highest BCUT2D eigenvalue weighted by Crippen LogP contribution is 2.57. The van der Waals surface area contributed by atoms with Crippen molar-refractivity contribution < 1.29 is 0 Å². The SMILES string of the molecule is c1cc(-c2nccc3ccccc23)cc(C2(c3ccc4c5cccnc5n5c6ccccc6nc5c4c3)c3ccccc3-c3ccccc32)c1. The molecule has 4 nitrogen and oxygen atoms in total. The topological polar surface area (TPSA) is 43.1 Å². The van der Waals surface area contributed by atoms with Crippen LogP contribution in [0.5, 0.6) is 0 Å². The van der Waals surface area contributed by atoms with Crippen LogP contribution in [0.1, 0.15) is 22.3 Å². The largest absolute Gasteiger partial charge is 0.276 e. The number of rotatable bonds is 3. The Labute approximate surface area is 288 Å². The minimum Gasteiger partial charge on any atom is -0.276 e. The Balaban J connectivity index is 1.27. The zero-order valence-electron chi connectivity index (χ0n) is 27.0. The number of hydrogen-bond donors (Lipinski definition) is 0. The number of para-hydroxylation sites is 2. The maximum absolute atomic E-state index is 5.24. The van der Waals surface area contributed by atoms with Gasteiger partial charge in [0.2, 0.25) is 0 Å². The quantitative estimate of drug-likeness (QED) is 0.181. The minimum absolute atomic E-state index is 0.588. The second kappa shape index (κ2) is 10.2. The molecule has 0 unspecified atom stereocenters. The minimum atomic E-state index is -0.588. The number of hydrogen-bond acceptors (Lipinski definition) is 3. The van der Waals surface area contributed by atoms with Crippen LogP contribution in [0, 0.1) is 0 Å². The van der Waals surface area contributed by atoms with E-state index >= 15 is 0 Å². The Morgan fingerprint density at radius 2 is 1.20 bits per heavy atom. The number of imidazole rings is 1. The third-order valence-electron chi connectivity index (χ3n) is 10.7. The third-order valence-corrected chi connectivity index (χ3v) is 10.7. The first-order valence-electron chi connectivity index (χ1n) is 17.0. The second-order valence-electron chi connectivity index (χ2n) is 13.2. The van der Waals surface area contributed by atoms with Gasteiger partial charge in [-0.15, -0.1) is 0 Å². The van der Waals surface area contributed by atoms with Crippen molar-refractivity contribution in [3.8, 4) is 22.4 Å². The van der Waals surface area contributed by atoms with Crippen molar-refractivity contribution in [3.05, 3.63) is 192 Å². The second-order valence-corrected chi connectivity index (χ2v) is 13.2. The smallest absolute Gasteiger partial charge is 0.147 e. The molecule has 4 heteroatoms. The van der Waals surface area contributed by atoms with Crippen LogP contribution >= 0.6 is 0 Å². The Morgan fingerprint density at radius 3 is 2.08 bits per heavy atom. The molecule has 1 aliphatic rings. The molecule has 232 valence electrons. The van der Waals surface area contributed by atoms with E-state index < -0.39 is 5.41 Å². The highest BCUT2D eigenvalue weighted by atomic mass is 15.1. The molecule has 10 aromatic rings. The van der Waals surface area contributed by atoms with E-state index in [-0.39, 0.29) is 0 Å². The number of benzene rings is 6. The van der Waals surface area contributed by atoms with Gasteiger partial charge in [0.05, 0.1) is 22.1 Å². The summed E-state index contributed by atoms with van der Waals surface area (Å²) >= 11 is 0. The maximum Gasteiger partial charge on any atom is 0.147 e. The molecule has 0 bridgehead atoms. The number of fused-ring (bicyclic) bond motifs is 12. The molecule has 6 aromatic carbocycles. The van der Waals surface area contributed by atoms with Crippen LogP contribution in [-0.4, -0.2) is 19.4 Å². The van der Waals surface area contributed by atoms with E-state index in [0.29, 0.717) is 0 Å². The fourth-order valence-corrected chi connectivity index (χ4v) is 8.68. The summed E-state index contributed by atoms with van der Waals surface area (Å²) in [5.41, 5.74) is 12.8. The third kappa shape index (κ3) is 3.57. The summed E-state index contributed by atoms with van der Waals surface area (Å²) in [7, 11) is 0. The van der Waals surface area contributed by atoms with Crippen molar-refractivity contribution in [1.82, 2.24) is 19.4 Å². The van der Waals surface area contributed by atoms with Gasteiger partial charge in [-0.05, 0) is 86.6 Å². The molecule has 4 heterocycles. The first kappa shape index (κ1) is 27.3. The molecule has 0 saturated heterocycles. The standard InChI is InChI=1S/C46H28N4/c1-2-14-33-29(11-1)24-26-47-43(33)30-12-9-13-31(27-30)46(39-18-5-3-15-35(39)36-16-4-6-19-40(36)46)32-22-23-34-37-17-10-25-48-44(37)50-42-21-8-7-20-41(42)49-45(50)38(34)28-32/h1-28H. The van der Waals surface area contributed by atoms with Gasteiger partial charge in [-0.3, -0.25) is 9.38 Å². The summed E-state index contributed by atoms with van der Waals surface area (Å²) in [4.78, 5) is 15.1. The molecule has 0 N–H and O–H groups in total. The lowest BCUT2D eigenvalue weighted by atomic mass is 9.67. The molecule has 0 fully saturated rings. The summed E-state index contributed by atoms with van der Waals surface area (Å²) in [6.07, 6.45) is 3.79. The van der Waals surface area contributed by atoms with Crippen LogP contribution in [0.25, 0.3) is 71.6 Å². The van der Waals surface area contributed by atoms with Crippen molar-refractivity contribution in [3.63, 3.8) is 0 Å². The first-order chi connectivity index (χ1) is 24.8. The van der Waals surface area contributed by atoms with Crippen molar-refractivity contribution >= 4 is 49.3 Å². The van der Waals surface area contributed by atoms with Gasteiger partial charge in [0.25, 0.3) is 0 Å². The zero-order chi connectivity index (χ0) is 32.8. The Bertz CT molecular complexity index is 2960. The molecule has 0 aliphatic heterocycles. The molecule has 0 atom stereocenters. The monoisotopic (exact) mass is 636 g/mol. The van der Waals surface area contributed by atoms with Gasteiger partial charge < -0.3 is 0 Å². The van der Waals surface area contributed by atoms with Crippen LogP contribution in [0.3, 0.4) is 0 Å². The van der Waals surface area contributed by atoms with Gasteiger partial charge in [0, 0.05) is 34.1 Å². The predicted molar refractivity (Wildman–Crippen MR) is 204 cm³/mol. The average molecular weight is 637 g/mol. The molecule has 4 aromatic heterocycles. The van der Waals surface area contributed by atoms with Crippen molar-refractivity contribution in [1.29, 1.82) is 0 Å². The van der Waals surface area contributed by atoms with Crippen LogP contribution in [-0.2, 0) is 5.41 Å². The Hall–Kier alpha value is -6.65. The van der Waals surface area contributed by atoms with E-state index in [0.717, 1.165) is 55.1 Å². The molecule has 0 spiro atoms. The predicted octanol–water partition coefficient (Wildman–Crippen LogP) is 10.8. The van der Waals surface area contributed by atoms with Gasteiger partial charge in [-0.2, -0.15) is 0 Å². The van der Waals surface area contributed by atoms with Crippen molar-refractivity contribution in [2.45, 2.75) is 5.41 Å². The van der Waals surface area contributed by atoms with Gasteiger partial charge in [0.1, 0.15) is 11.3 Å². The van der Waals surface area contributed by atoms with Crippen LogP contribution < -0.4 is 0 Å². The van der Waals surface area contributed by atoms with E-state index in [1.807, 2.05) is 18.5 Å². The van der Waals surface area contributed by atoms with Gasteiger partial charge in [-0.25, -0.2) is 9.97 Å². The number of nitrogens with zero attached hydrogens (tertiary/aromatic N) is 4. The average Bonchev–Trinajstić information content (AvgIpc) is 3.73. The lowest BCUT2D eigenvalue weighted by Crippen LogP contribution is -2.28. The number of aromatic nitrogens is 4. The molecule has 0 saturated carbocycles. The van der Waals surface area contributed by atoms with E-state index in [9.17, 15) is 0 Å². The maximum atomic E-state index is 5.24. The van der Waals surface area contributed by atoms with Gasteiger partial charge >= 0.3 is 0 Å². The first-order valence-corrected chi connectivity index (χ1v) is 17.0. The molecule has 0 radical (unpaired) electrons. The summed E-state index contributed by atoms with van der Waals surface area (Å²) in [6, 6.07) is 57.0. The fourth-order valence-electron chi connectivity index (χ4n) is 8.68. The van der Waals surface area contributed by atoms with Crippen LogP contribution in [0.4, 0.5) is 0 Å². The molecule has 11 rings (SSSR count). The summed E-state index contributed by atoms with van der Waals surface area (Å²) in [5.74, 6) is 0. The molecule has 0 amide bonds. The van der Waals surface area contributed by atoms with E-state index in [4.69, 9.17) is 15.0 Å². The van der Waals surface area contributed by atoms with Gasteiger partial charge in [-0.1, -0.05) is 115 Å². The summed E-state index contributed by atoms with van der Waals surface area (Å²) in [5, 5.41) is 5.68. The normalized spacial score (nSPS) is 13.4. The van der Waals surface area contributed by atoms with Gasteiger partial charge in [0.15, 0.2) is 0 Å². The van der Waals surface area contributed by atoms with E-state index in [1.165, 1.54) is 38.8 Å². The Morgan fingerprint density at radius 1 is 0.460 bits per heavy atom. The lowest BCUT2D eigenvalue weighted by molar-refractivity contribution is 0.770. The Kier molecular flexibility index (Phi) is 5.56. The number of pyridine rings is 3. The highest BCUT2D eigenvalue weighted by Gasteiger charge is 2.46. The van der Waals surface area contributed by atoms with Crippen molar-refractivity contribution in [2.24, 2.45) is 0 Å². The highest BCUT2D eigenvalue weighted by molar-refractivity contribution is 6.13. The van der Waals surface area contributed by atoms with Crippen molar-refractivity contribution in [2.75, 3.05) is 0 Å².